The molecule has 17 heavy (non-hydrogen) atoms. The van der Waals surface area contributed by atoms with Crippen LogP contribution >= 0.6 is 0 Å². The monoisotopic (exact) mass is 238 g/mol. The summed E-state index contributed by atoms with van der Waals surface area (Å²) in [4.78, 5) is 12.1. The molecular formula is C14H26N2O. The minimum absolute atomic E-state index is 0.173. The summed E-state index contributed by atoms with van der Waals surface area (Å²) in [6.45, 7) is 7.23. The number of nitrogens with one attached hydrogen (secondary N) is 2. The van der Waals surface area contributed by atoms with Gasteiger partial charge in [-0.1, -0.05) is 26.7 Å². The molecule has 0 bridgehead atoms. The molecule has 2 fully saturated rings. The quantitative estimate of drug-likeness (QED) is 0.768. The van der Waals surface area contributed by atoms with Gasteiger partial charge in [-0.25, -0.2) is 0 Å². The van der Waals surface area contributed by atoms with Crippen molar-refractivity contribution >= 4 is 5.91 Å². The van der Waals surface area contributed by atoms with Crippen molar-refractivity contribution in [2.45, 2.75) is 46.0 Å². The Kier molecular flexibility index (Phi) is 4.08. The maximum Gasteiger partial charge on any atom is 0.223 e. The minimum Gasteiger partial charge on any atom is -0.355 e. The Labute approximate surface area is 105 Å². The lowest BCUT2D eigenvalue weighted by Gasteiger charge is -2.33. The summed E-state index contributed by atoms with van der Waals surface area (Å²) in [5.41, 5.74) is 0.410. The van der Waals surface area contributed by atoms with Gasteiger partial charge in [0.25, 0.3) is 0 Å². The average molecular weight is 238 g/mol. The van der Waals surface area contributed by atoms with Gasteiger partial charge in [0.1, 0.15) is 0 Å². The maximum absolute atomic E-state index is 12.1. The Morgan fingerprint density at radius 1 is 1.41 bits per heavy atom. The van der Waals surface area contributed by atoms with Crippen LogP contribution in [0, 0.1) is 17.3 Å². The Balaban J connectivity index is 1.78. The number of carbonyl (C=O) groups is 1. The molecule has 0 aromatic rings. The molecule has 98 valence electrons. The molecule has 1 aliphatic heterocycles. The minimum atomic E-state index is 0.173. The topological polar surface area (TPSA) is 41.1 Å². The summed E-state index contributed by atoms with van der Waals surface area (Å²) >= 11 is 0. The van der Waals surface area contributed by atoms with Gasteiger partial charge in [0.2, 0.25) is 5.91 Å². The maximum atomic E-state index is 12.1. The molecule has 0 aromatic heterocycles. The summed E-state index contributed by atoms with van der Waals surface area (Å²) in [6, 6.07) is 0. The molecule has 3 nitrogen and oxygen atoms in total. The number of rotatable bonds is 5. The highest BCUT2D eigenvalue weighted by atomic mass is 16.1. The van der Waals surface area contributed by atoms with Gasteiger partial charge in [-0.05, 0) is 43.7 Å². The van der Waals surface area contributed by atoms with Crippen molar-refractivity contribution in [3.8, 4) is 0 Å². The second kappa shape index (κ2) is 5.38. The van der Waals surface area contributed by atoms with Crippen molar-refractivity contribution in [3.05, 3.63) is 0 Å². The van der Waals surface area contributed by atoms with Crippen molar-refractivity contribution in [2.24, 2.45) is 17.3 Å². The van der Waals surface area contributed by atoms with Gasteiger partial charge in [-0.2, -0.15) is 0 Å². The average Bonchev–Trinajstić information content (AvgIpc) is 2.73. The van der Waals surface area contributed by atoms with Crippen LogP contribution in [0.25, 0.3) is 0 Å². The van der Waals surface area contributed by atoms with Crippen LogP contribution in [-0.4, -0.2) is 25.5 Å². The van der Waals surface area contributed by atoms with Crippen molar-refractivity contribution in [1.82, 2.24) is 10.6 Å². The van der Waals surface area contributed by atoms with E-state index in [0.29, 0.717) is 11.3 Å². The molecule has 1 atom stereocenters. The first kappa shape index (κ1) is 12.9. The second-order valence-corrected chi connectivity index (χ2v) is 5.99. The molecular weight excluding hydrogens is 212 g/mol. The van der Waals surface area contributed by atoms with E-state index in [1.165, 1.54) is 32.1 Å². The molecule has 1 amide bonds. The van der Waals surface area contributed by atoms with E-state index in [-0.39, 0.29) is 11.8 Å². The molecule has 2 N–H and O–H groups in total. The zero-order chi connectivity index (χ0) is 12.3. The van der Waals surface area contributed by atoms with Crippen LogP contribution in [0.3, 0.4) is 0 Å². The first-order valence-electron chi connectivity index (χ1n) is 7.15. The van der Waals surface area contributed by atoms with Crippen LogP contribution < -0.4 is 10.6 Å². The SMILES string of the molecule is CCC1(CNC(=O)C(C)C2CNC2)CCCC1. The fourth-order valence-electron chi connectivity index (χ4n) is 3.09. The third-order valence-corrected chi connectivity index (χ3v) is 4.99. The Hall–Kier alpha value is -0.570. The second-order valence-electron chi connectivity index (χ2n) is 5.99. The molecule has 1 saturated heterocycles. The third-order valence-electron chi connectivity index (χ3n) is 4.99. The van der Waals surface area contributed by atoms with Crippen LogP contribution in [0.5, 0.6) is 0 Å². The summed E-state index contributed by atoms with van der Waals surface area (Å²) in [5.74, 6) is 0.985. The van der Waals surface area contributed by atoms with Crippen molar-refractivity contribution in [2.75, 3.05) is 19.6 Å². The summed E-state index contributed by atoms with van der Waals surface area (Å²) in [6.07, 6.45) is 6.47. The van der Waals surface area contributed by atoms with E-state index in [2.05, 4.69) is 24.5 Å². The molecule has 2 rings (SSSR count). The third kappa shape index (κ3) is 2.82. The summed E-state index contributed by atoms with van der Waals surface area (Å²) < 4.78 is 0. The van der Waals surface area contributed by atoms with Crippen LogP contribution in [0.15, 0.2) is 0 Å². The lowest BCUT2D eigenvalue weighted by Crippen LogP contribution is -2.50. The fourth-order valence-corrected chi connectivity index (χ4v) is 3.09. The number of amides is 1. The van der Waals surface area contributed by atoms with Gasteiger partial charge in [-0.3, -0.25) is 4.79 Å². The van der Waals surface area contributed by atoms with Gasteiger partial charge in [-0.15, -0.1) is 0 Å². The molecule has 0 aromatic carbocycles. The number of hydrogen-bond donors (Lipinski definition) is 2. The first-order chi connectivity index (χ1) is 8.17. The molecule has 3 heteroatoms. The molecule has 0 spiro atoms. The number of hydrogen-bond acceptors (Lipinski definition) is 2. The predicted octanol–water partition coefficient (Wildman–Crippen LogP) is 1.93. The lowest BCUT2D eigenvalue weighted by atomic mass is 9.82. The van der Waals surface area contributed by atoms with Crippen molar-refractivity contribution in [1.29, 1.82) is 0 Å². The van der Waals surface area contributed by atoms with E-state index >= 15 is 0 Å². The fraction of sp³-hybridized carbons (Fsp3) is 0.929. The normalized spacial score (nSPS) is 25.3. The molecule has 1 saturated carbocycles. The first-order valence-corrected chi connectivity index (χ1v) is 7.15. The highest BCUT2D eigenvalue weighted by Gasteiger charge is 2.34. The summed E-state index contributed by atoms with van der Waals surface area (Å²) in [5, 5.41) is 6.43. The highest BCUT2D eigenvalue weighted by molar-refractivity contribution is 5.78. The van der Waals surface area contributed by atoms with E-state index in [0.717, 1.165) is 19.6 Å². The van der Waals surface area contributed by atoms with Gasteiger partial charge >= 0.3 is 0 Å². The molecule has 1 unspecified atom stereocenters. The van der Waals surface area contributed by atoms with E-state index in [9.17, 15) is 4.79 Å². The molecule has 1 aliphatic carbocycles. The van der Waals surface area contributed by atoms with Crippen LogP contribution in [0.2, 0.25) is 0 Å². The van der Waals surface area contributed by atoms with Crippen LogP contribution in [-0.2, 0) is 4.79 Å². The molecule has 1 heterocycles. The lowest BCUT2D eigenvalue weighted by molar-refractivity contribution is -0.127. The number of carbonyl (C=O) groups excluding carboxylic acids is 1. The highest BCUT2D eigenvalue weighted by Crippen LogP contribution is 2.40. The zero-order valence-electron chi connectivity index (χ0n) is 11.2. The molecule has 2 aliphatic rings. The molecule has 0 radical (unpaired) electrons. The van der Waals surface area contributed by atoms with Crippen LogP contribution in [0.4, 0.5) is 0 Å². The van der Waals surface area contributed by atoms with Gasteiger partial charge in [0.15, 0.2) is 0 Å². The smallest absolute Gasteiger partial charge is 0.223 e. The van der Waals surface area contributed by atoms with Gasteiger partial charge in [0, 0.05) is 12.5 Å². The standard InChI is InChI=1S/C14H26N2O/c1-3-14(6-4-5-7-14)10-16-13(17)11(2)12-8-15-9-12/h11-12,15H,3-10H2,1-2H3,(H,16,17). The zero-order valence-corrected chi connectivity index (χ0v) is 11.2. The predicted molar refractivity (Wildman–Crippen MR) is 69.7 cm³/mol. The van der Waals surface area contributed by atoms with Gasteiger partial charge in [0.05, 0.1) is 0 Å². The van der Waals surface area contributed by atoms with E-state index in [4.69, 9.17) is 0 Å². The Morgan fingerprint density at radius 2 is 2.06 bits per heavy atom. The Bertz CT molecular complexity index is 267. The van der Waals surface area contributed by atoms with Crippen molar-refractivity contribution < 1.29 is 4.79 Å². The van der Waals surface area contributed by atoms with E-state index in [1.807, 2.05) is 0 Å². The van der Waals surface area contributed by atoms with Crippen LogP contribution in [0.1, 0.15) is 46.0 Å². The largest absolute Gasteiger partial charge is 0.355 e. The van der Waals surface area contributed by atoms with Gasteiger partial charge < -0.3 is 10.6 Å². The Morgan fingerprint density at radius 3 is 2.53 bits per heavy atom. The van der Waals surface area contributed by atoms with Crippen molar-refractivity contribution in [3.63, 3.8) is 0 Å². The van der Waals surface area contributed by atoms with E-state index in [1.54, 1.807) is 0 Å². The van der Waals surface area contributed by atoms with E-state index < -0.39 is 0 Å². The summed E-state index contributed by atoms with van der Waals surface area (Å²) in [7, 11) is 0.